The van der Waals surface area contributed by atoms with Crippen LogP contribution in [0, 0.1) is 12.7 Å². The van der Waals surface area contributed by atoms with Crippen molar-refractivity contribution in [1.82, 2.24) is 10.6 Å². The molecule has 0 radical (unpaired) electrons. The lowest BCUT2D eigenvalue weighted by Crippen LogP contribution is -2.47. The van der Waals surface area contributed by atoms with Crippen LogP contribution < -0.4 is 15.4 Å². The van der Waals surface area contributed by atoms with Crippen LogP contribution in [0.4, 0.5) is 10.1 Å². The summed E-state index contributed by atoms with van der Waals surface area (Å²) >= 11 is 0. The first kappa shape index (κ1) is 23.6. The van der Waals surface area contributed by atoms with Gasteiger partial charge in [-0.2, -0.15) is 0 Å². The van der Waals surface area contributed by atoms with E-state index < -0.39 is 26.6 Å². The van der Waals surface area contributed by atoms with Crippen molar-refractivity contribution in [2.45, 2.75) is 50.8 Å². The first-order chi connectivity index (χ1) is 13.7. The van der Waals surface area contributed by atoms with Crippen LogP contribution in [0.5, 0.6) is 0 Å². The van der Waals surface area contributed by atoms with Crippen molar-refractivity contribution < 1.29 is 17.0 Å². The van der Waals surface area contributed by atoms with Crippen molar-refractivity contribution in [3.63, 3.8) is 0 Å². The maximum Gasteiger partial charge on any atom is 0.234 e. The second-order valence-electron chi connectivity index (χ2n) is 7.18. The zero-order chi connectivity index (χ0) is 21.4. The highest BCUT2D eigenvalue weighted by atomic mass is 32.2. The van der Waals surface area contributed by atoms with Crippen LogP contribution in [0.3, 0.4) is 0 Å². The largest absolute Gasteiger partial charge is 0.355 e. The van der Waals surface area contributed by atoms with Crippen LogP contribution in [0.15, 0.2) is 23.2 Å². The summed E-state index contributed by atoms with van der Waals surface area (Å²) in [6, 6.07) is 4.39. The van der Waals surface area contributed by atoms with Gasteiger partial charge in [-0.25, -0.2) is 12.8 Å². The number of aliphatic imine (C=N–C) groups is 1. The fraction of sp³-hybridized carbons (Fsp3) is 0.632. The van der Waals surface area contributed by atoms with Gasteiger partial charge in [0.05, 0.1) is 11.4 Å². The van der Waals surface area contributed by atoms with Gasteiger partial charge in [-0.15, -0.1) is 0 Å². The number of hydrogen-bond acceptors (Lipinski definition) is 4. The average molecular weight is 447 g/mol. The average Bonchev–Trinajstić information content (AvgIpc) is 2.69. The van der Waals surface area contributed by atoms with E-state index in [2.05, 4.69) is 20.3 Å². The van der Waals surface area contributed by atoms with Crippen molar-refractivity contribution in [3.8, 4) is 0 Å². The third kappa shape index (κ3) is 7.58. The molecular formula is C19H31FN4O3S2. The van der Waals surface area contributed by atoms with Gasteiger partial charge in [-0.3, -0.25) is 13.9 Å². The van der Waals surface area contributed by atoms with Crippen LogP contribution >= 0.6 is 0 Å². The van der Waals surface area contributed by atoms with Crippen molar-refractivity contribution in [1.29, 1.82) is 0 Å². The summed E-state index contributed by atoms with van der Waals surface area (Å²) in [4.78, 5) is 4.15. The molecule has 1 aromatic carbocycles. The Morgan fingerprint density at radius 2 is 2.10 bits per heavy atom. The monoisotopic (exact) mass is 446 g/mol. The number of benzene rings is 1. The number of nitrogens with zero attached hydrogens (tertiary/aromatic N) is 1. The quantitative estimate of drug-likeness (QED) is 0.420. The van der Waals surface area contributed by atoms with Crippen LogP contribution in [0.1, 0.15) is 38.2 Å². The Balaban J connectivity index is 1.82. The maximum atomic E-state index is 13.6. The molecule has 3 atom stereocenters. The van der Waals surface area contributed by atoms with E-state index in [0.29, 0.717) is 17.3 Å². The first-order valence-electron chi connectivity index (χ1n) is 9.85. The Bertz CT molecular complexity index is 846. The minimum absolute atomic E-state index is 0.153. The number of aryl methyl sites for hydroxylation is 1. The summed E-state index contributed by atoms with van der Waals surface area (Å²) in [5, 5.41) is 6.51. The number of sulfonamides is 1. The highest BCUT2D eigenvalue weighted by molar-refractivity contribution is 7.92. The molecular weight excluding hydrogens is 415 g/mol. The van der Waals surface area contributed by atoms with Gasteiger partial charge in [0.1, 0.15) is 5.82 Å². The molecule has 3 unspecified atom stereocenters. The Labute approximate surface area is 175 Å². The summed E-state index contributed by atoms with van der Waals surface area (Å²) in [7, 11) is -2.81. The van der Waals surface area contributed by atoms with E-state index >= 15 is 0 Å². The minimum atomic E-state index is -3.63. The van der Waals surface area contributed by atoms with Gasteiger partial charge in [0, 0.05) is 41.4 Å². The van der Waals surface area contributed by atoms with Gasteiger partial charge < -0.3 is 10.6 Å². The third-order valence-electron chi connectivity index (χ3n) is 4.96. The molecule has 7 nitrogen and oxygen atoms in total. The van der Waals surface area contributed by atoms with E-state index in [-0.39, 0.29) is 29.3 Å². The molecule has 0 saturated heterocycles. The van der Waals surface area contributed by atoms with Crippen LogP contribution in [0.25, 0.3) is 0 Å². The van der Waals surface area contributed by atoms with Gasteiger partial charge in [-0.05, 0) is 43.9 Å². The lowest BCUT2D eigenvalue weighted by atomic mass is 9.95. The molecule has 0 aliphatic heterocycles. The van der Waals surface area contributed by atoms with Crippen LogP contribution in [-0.2, 0) is 20.8 Å². The van der Waals surface area contributed by atoms with Gasteiger partial charge >= 0.3 is 0 Å². The Hall–Kier alpha value is -1.68. The van der Waals surface area contributed by atoms with E-state index in [1.807, 2.05) is 6.92 Å². The molecule has 0 amide bonds. The molecule has 29 heavy (non-hydrogen) atoms. The summed E-state index contributed by atoms with van der Waals surface area (Å²) in [6.45, 7) is 3.71. The molecule has 1 aromatic rings. The number of halogens is 1. The highest BCUT2D eigenvalue weighted by Gasteiger charge is 2.26. The molecule has 1 aliphatic rings. The van der Waals surface area contributed by atoms with Crippen LogP contribution in [0.2, 0.25) is 0 Å². The Kier molecular flexibility index (Phi) is 8.88. The Morgan fingerprint density at radius 3 is 2.76 bits per heavy atom. The molecule has 2 rings (SSSR count). The predicted molar refractivity (Wildman–Crippen MR) is 118 cm³/mol. The van der Waals surface area contributed by atoms with Crippen molar-refractivity contribution >= 4 is 32.5 Å². The van der Waals surface area contributed by atoms with Gasteiger partial charge in [0.25, 0.3) is 0 Å². The summed E-state index contributed by atoms with van der Waals surface area (Å²) < 4.78 is 52.5. The fourth-order valence-electron chi connectivity index (χ4n) is 3.33. The van der Waals surface area contributed by atoms with Gasteiger partial charge in [0.2, 0.25) is 10.0 Å². The number of anilines is 1. The van der Waals surface area contributed by atoms with Gasteiger partial charge in [0.15, 0.2) is 5.96 Å². The minimum Gasteiger partial charge on any atom is -0.355 e. The SMILES string of the molecule is CCS(=O)C1CCCC(NC(=NC)NCCS(=O)(=O)Nc2ccc(C)c(F)c2)C1. The van der Waals surface area contributed by atoms with E-state index in [4.69, 9.17) is 0 Å². The summed E-state index contributed by atoms with van der Waals surface area (Å²) in [6.07, 6.45) is 3.78. The number of guanidine groups is 1. The lowest BCUT2D eigenvalue weighted by molar-refractivity contribution is 0.414. The molecule has 0 spiro atoms. The van der Waals surface area contributed by atoms with Crippen molar-refractivity contribution in [2.24, 2.45) is 4.99 Å². The first-order valence-corrected chi connectivity index (χ1v) is 12.9. The standard InChI is InChI=1S/C19H31FN4O3S2/c1-4-28(25)17-7-5-6-15(12-17)23-19(21-3)22-10-11-29(26,27)24-16-9-8-14(2)18(20)13-16/h8-9,13,15,17,24H,4-7,10-12H2,1-3H3,(H2,21,22,23). The smallest absolute Gasteiger partial charge is 0.234 e. The summed E-state index contributed by atoms with van der Waals surface area (Å²) in [5.74, 6) is 0.549. The normalized spacial score (nSPS) is 21.4. The van der Waals surface area contributed by atoms with Crippen LogP contribution in [-0.4, -0.2) is 55.0 Å². The molecule has 1 aliphatic carbocycles. The molecule has 3 N–H and O–H groups in total. The van der Waals surface area contributed by atoms with Gasteiger partial charge in [-0.1, -0.05) is 19.4 Å². The lowest BCUT2D eigenvalue weighted by Gasteiger charge is -2.30. The summed E-state index contributed by atoms with van der Waals surface area (Å²) in [5.41, 5.74) is 0.657. The maximum absolute atomic E-state index is 13.6. The third-order valence-corrected chi connectivity index (χ3v) is 7.98. The zero-order valence-corrected chi connectivity index (χ0v) is 18.8. The molecule has 10 heteroatoms. The zero-order valence-electron chi connectivity index (χ0n) is 17.2. The number of hydrogen-bond donors (Lipinski definition) is 3. The second-order valence-corrected chi connectivity index (χ2v) is 11.0. The van der Waals surface area contributed by atoms with E-state index in [1.54, 1.807) is 14.0 Å². The van der Waals surface area contributed by atoms with E-state index in [1.165, 1.54) is 18.2 Å². The molecule has 0 heterocycles. The van der Waals surface area contributed by atoms with Crippen molar-refractivity contribution in [3.05, 3.63) is 29.6 Å². The van der Waals surface area contributed by atoms with E-state index in [9.17, 15) is 17.0 Å². The van der Waals surface area contributed by atoms with E-state index in [0.717, 1.165) is 25.7 Å². The van der Waals surface area contributed by atoms with Crippen molar-refractivity contribution in [2.75, 3.05) is 29.8 Å². The second kappa shape index (κ2) is 10.9. The molecule has 0 bridgehead atoms. The predicted octanol–water partition coefficient (Wildman–Crippen LogP) is 2.12. The fourth-order valence-corrected chi connectivity index (χ4v) is 5.64. The Morgan fingerprint density at radius 1 is 1.34 bits per heavy atom. The number of rotatable bonds is 8. The topological polar surface area (TPSA) is 99.7 Å². The highest BCUT2D eigenvalue weighted by Crippen LogP contribution is 2.23. The molecule has 1 fully saturated rings. The molecule has 164 valence electrons. The molecule has 0 aromatic heterocycles. The molecule has 1 saturated carbocycles. The number of nitrogens with one attached hydrogen (secondary N) is 3.